The van der Waals surface area contributed by atoms with Crippen molar-refractivity contribution in [3.63, 3.8) is 0 Å². The number of hydrogen-bond donors (Lipinski definition) is 2. The van der Waals surface area contributed by atoms with Gasteiger partial charge in [0.1, 0.15) is 0 Å². The van der Waals surface area contributed by atoms with E-state index in [9.17, 15) is 25.0 Å². The van der Waals surface area contributed by atoms with Crippen LogP contribution in [0.5, 0.6) is 0 Å². The largest absolute Gasteiger partial charge is 0.360 e. The zero-order valence-corrected chi connectivity index (χ0v) is 12.4. The average molecular weight is 324 g/mol. The van der Waals surface area contributed by atoms with Crippen LogP contribution in [0.4, 0.5) is 17.1 Å². The standard InChI is InChI=1S/C13H16N4O6/c1-8-2-4-15(5-3-8)12-10(16(20)21)6-9(13(18)14-19)7-11(12)17(22)23/h6-8,19H,2-5H2,1H3,(H,14,18). The van der Waals surface area contributed by atoms with Crippen molar-refractivity contribution in [2.45, 2.75) is 19.8 Å². The van der Waals surface area contributed by atoms with Crippen molar-refractivity contribution < 1.29 is 19.8 Å². The predicted octanol–water partition coefficient (Wildman–Crippen LogP) is 1.86. The molecule has 0 bridgehead atoms. The Hall–Kier alpha value is -2.75. The van der Waals surface area contributed by atoms with E-state index in [0.29, 0.717) is 19.0 Å². The molecule has 1 fully saturated rings. The maximum atomic E-state index is 11.5. The van der Waals surface area contributed by atoms with E-state index in [0.717, 1.165) is 25.0 Å². The molecule has 1 saturated heterocycles. The van der Waals surface area contributed by atoms with E-state index in [1.54, 1.807) is 4.90 Å². The molecule has 0 unspecified atom stereocenters. The number of amides is 1. The van der Waals surface area contributed by atoms with Gasteiger partial charge in [0.25, 0.3) is 17.3 Å². The van der Waals surface area contributed by atoms with Gasteiger partial charge in [0, 0.05) is 25.2 Å². The van der Waals surface area contributed by atoms with Crippen molar-refractivity contribution in [2.24, 2.45) is 5.92 Å². The quantitative estimate of drug-likeness (QED) is 0.489. The SMILES string of the molecule is CC1CCN(c2c([N+](=O)[O-])cc(C(=O)NO)cc2[N+](=O)[O-])CC1. The number of nitro groups is 2. The second-order valence-electron chi connectivity index (χ2n) is 5.49. The first-order chi connectivity index (χ1) is 10.8. The monoisotopic (exact) mass is 324 g/mol. The Morgan fingerprint density at radius 1 is 1.22 bits per heavy atom. The van der Waals surface area contributed by atoms with Crippen LogP contribution in [0.25, 0.3) is 0 Å². The number of rotatable bonds is 4. The molecule has 0 aromatic heterocycles. The molecule has 0 atom stereocenters. The Kier molecular flexibility index (Phi) is 4.74. The molecule has 2 N–H and O–H groups in total. The maximum absolute atomic E-state index is 11.5. The van der Waals surface area contributed by atoms with Gasteiger partial charge in [0.15, 0.2) is 5.69 Å². The van der Waals surface area contributed by atoms with E-state index in [1.165, 1.54) is 5.48 Å². The summed E-state index contributed by atoms with van der Waals surface area (Å²) < 4.78 is 0. The van der Waals surface area contributed by atoms with Crippen LogP contribution in [0.2, 0.25) is 0 Å². The predicted molar refractivity (Wildman–Crippen MR) is 79.6 cm³/mol. The van der Waals surface area contributed by atoms with E-state index >= 15 is 0 Å². The summed E-state index contributed by atoms with van der Waals surface area (Å²) in [6.45, 7) is 2.98. The van der Waals surface area contributed by atoms with Crippen molar-refractivity contribution in [3.8, 4) is 0 Å². The molecule has 1 amide bonds. The highest BCUT2D eigenvalue weighted by Crippen LogP contribution is 2.40. The Balaban J connectivity index is 2.60. The molecule has 10 heteroatoms. The summed E-state index contributed by atoms with van der Waals surface area (Å²) in [7, 11) is 0. The van der Waals surface area contributed by atoms with Crippen LogP contribution in [-0.4, -0.2) is 34.1 Å². The number of carbonyl (C=O) groups excluding carboxylic acids is 1. The van der Waals surface area contributed by atoms with Crippen LogP contribution >= 0.6 is 0 Å². The fourth-order valence-electron chi connectivity index (χ4n) is 2.63. The highest BCUT2D eigenvalue weighted by atomic mass is 16.6. The first-order valence-corrected chi connectivity index (χ1v) is 7.01. The smallest absolute Gasteiger partial charge is 0.300 e. The van der Waals surface area contributed by atoms with E-state index in [4.69, 9.17) is 5.21 Å². The molecule has 1 aromatic rings. The van der Waals surface area contributed by atoms with Crippen LogP contribution in [0.15, 0.2) is 12.1 Å². The third kappa shape index (κ3) is 3.37. The fraction of sp³-hybridized carbons (Fsp3) is 0.462. The molecule has 23 heavy (non-hydrogen) atoms. The minimum absolute atomic E-state index is 0.0959. The number of hydrogen-bond acceptors (Lipinski definition) is 7. The van der Waals surface area contributed by atoms with Crippen molar-refractivity contribution in [1.82, 2.24) is 5.48 Å². The van der Waals surface area contributed by atoms with E-state index in [-0.39, 0.29) is 11.3 Å². The third-order valence-electron chi connectivity index (χ3n) is 3.93. The topological polar surface area (TPSA) is 139 Å². The Morgan fingerprint density at radius 2 is 1.70 bits per heavy atom. The fourth-order valence-corrected chi connectivity index (χ4v) is 2.63. The molecular formula is C13H16N4O6. The summed E-state index contributed by atoms with van der Waals surface area (Å²) in [4.78, 5) is 34.2. The number of hydroxylamine groups is 1. The van der Waals surface area contributed by atoms with Gasteiger partial charge in [-0.3, -0.25) is 30.2 Å². The number of nitrogens with zero attached hydrogens (tertiary/aromatic N) is 3. The van der Waals surface area contributed by atoms with Crippen LogP contribution in [0, 0.1) is 26.1 Å². The van der Waals surface area contributed by atoms with Crippen molar-refractivity contribution >= 4 is 23.0 Å². The third-order valence-corrected chi connectivity index (χ3v) is 3.93. The van der Waals surface area contributed by atoms with E-state index < -0.39 is 27.1 Å². The molecule has 10 nitrogen and oxygen atoms in total. The molecule has 1 aromatic carbocycles. The first-order valence-electron chi connectivity index (χ1n) is 7.01. The molecule has 0 radical (unpaired) electrons. The van der Waals surface area contributed by atoms with Crippen molar-refractivity contribution in [1.29, 1.82) is 0 Å². The second kappa shape index (κ2) is 6.57. The molecule has 0 aliphatic carbocycles. The maximum Gasteiger partial charge on any atom is 0.300 e. The lowest BCUT2D eigenvalue weighted by molar-refractivity contribution is -0.392. The number of benzene rings is 1. The Bertz CT molecular complexity index is 619. The number of piperidine rings is 1. The van der Waals surface area contributed by atoms with Crippen LogP contribution in [0.3, 0.4) is 0 Å². The zero-order chi connectivity index (χ0) is 17.1. The number of nitrogens with one attached hydrogen (secondary N) is 1. The van der Waals surface area contributed by atoms with Crippen LogP contribution in [-0.2, 0) is 0 Å². The van der Waals surface area contributed by atoms with E-state index in [1.807, 2.05) is 0 Å². The summed E-state index contributed by atoms with van der Waals surface area (Å²) in [5, 5.41) is 31.3. The van der Waals surface area contributed by atoms with Gasteiger partial charge in [-0.25, -0.2) is 5.48 Å². The molecular weight excluding hydrogens is 308 g/mol. The lowest BCUT2D eigenvalue weighted by Crippen LogP contribution is -2.34. The van der Waals surface area contributed by atoms with Crippen molar-refractivity contribution in [3.05, 3.63) is 37.9 Å². The molecule has 2 rings (SSSR count). The molecule has 124 valence electrons. The summed E-state index contributed by atoms with van der Waals surface area (Å²) >= 11 is 0. The van der Waals surface area contributed by atoms with Crippen molar-refractivity contribution in [2.75, 3.05) is 18.0 Å². The lowest BCUT2D eigenvalue weighted by Gasteiger charge is -2.31. The minimum Gasteiger partial charge on any atom is -0.360 e. The van der Waals surface area contributed by atoms with Gasteiger partial charge >= 0.3 is 0 Å². The van der Waals surface area contributed by atoms with Crippen LogP contribution in [0.1, 0.15) is 30.1 Å². The lowest BCUT2D eigenvalue weighted by atomic mass is 9.98. The van der Waals surface area contributed by atoms with Gasteiger partial charge in [0.05, 0.1) is 15.4 Å². The summed E-state index contributed by atoms with van der Waals surface area (Å²) in [6, 6.07) is 1.87. The number of carbonyl (C=O) groups is 1. The van der Waals surface area contributed by atoms with Gasteiger partial charge in [0.2, 0.25) is 0 Å². The van der Waals surface area contributed by atoms with Gasteiger partial charge in [-0.15, -0.1) is 0 Å². The molecule has 0 saturated carbocycles. The molecule has 1 heterocycles. The summed E-state index contributed by atoms with van der Waals surface area (Å²) in [5.74, 6) is -0.598. The highest BCUT2D eigenvalue weighted by molar-refractivity contribution is 5.97. The highest BCUT2D eigenvalue weighted by Gasteiger charge is 2.33. The van der Waals surface area contributed by atoms with E-state index in [2.05, 4.69) is 6.92 Å². The van der Waals surface area contributed by atoms with Gasteiger partial charge < -0.3 is 4.90 Å². The zero-order valence-electron chi connectivity index (χ0n) is 12.4. The average Bonchev–Trinajstić information content (AvgIpc) is 2.53. The molecule has 0 spiro atoms. The normalized spacial score (nSPS) is 15.3. The molecule has 1 aliphatic heterocycles. The summed E-state index contributed by atoms with van der Waals surface area (Å²) in [5.41, 5.74) is -0.164. The first kappa shape index (κ1) is 16.6. The van der Waals surface area contributed by atoms with Crippen LogP contribution < -0.4 is 10.4 Å². The Labute approximate surface area is 131 Å². The Morgan fingerprint density at radius 3 is 2.09 bits per heavy atom. The molecule has 1 aliphatic rings. The second-order valence-corrected chi connectivity index (χ2v) is 5.49. The number of anilines is 1. The van der Waals surface area contributed by atoms with Gasteiger partial charge in [-0.05, 0) is 18.8 Å². The number of nitro benzene ring substituents is 2. The minimum atomic E-state index is -1.05. The summed E-state index contributed by atoms with van der Waals surface area (Å²) in [6.07, 6.45) is 1.54. The van der Waals surface area contributed by atoms with Gasteiger partial charge in [-0.2, -0.15) is 0 Å². The van der Waals surface area contributed by atoms with Gasteiger partial charge in [-0.1, -0.05) is 6.92 Å².